The van der Waals surface area contributed by atoms with E-state index in [1.807, 2.05) is 56.3 Å². The van der Waals surface area contributed by atoms with Crippen LogP contribution in [0.25, 0.3) is 0 Å². The van der Waals surface area contributed by atoms with Gasteiger partial charge >= 0.3 is 0 Å². The second-order valence-electron chi connectivity index (χ2n) is 16.5. The highest BCUT2D eigenvalue weighted by Gasteiger charge is 2.18. The summed E-state index contributed by atoms with van der Waals surface area (Å²) in [6.45, 7) is 18.4. The summed E-state index contributed by atoms with van der Waals surface area (Å²) in [4.78, 5) is 46.9. The maximum atomic E-state index is 12.8. The molecule has 2 aromatic carbocycles. The van der Waals surface area contributed by atoms with Gasteiger partial charge < -0.3 is 24.8 Å². The van der Waals surface area contributed by atoms with Crippen LogP contribution in [0.1, 0.15) is 87.1 Å². The van der Waals surface area contributed by atoms with Crippen molar-refractivity contribution in [1.82, 2.24) is 34.4 Å². The highest BCUT2D eigenvalue weighted by atomic mass is 35.5. The number of pyridine rings is 2. The van der Waals surface area contributed by atoms with Crippen LogP contribution in [0.4, 0.5) is 11.6 Å². The zero-order chi connectivity index (χ0) is 46.5. The number of nitrogens with one attached hydrogen (secondary N) is 2. The molecule has 7 rings (SSSR count). The molecule has 0 aliphatic carbocycles. The van der Waals surface area contributed by atoms with E-state index in [0.29, 0.717) is 77.4 Å². The van der Waals surface area contributed by atoms with Gasteiger partial charge in [-0.2, -0.15) is 10.2 Å². The standard InChI is InChI=1S/C26H32ClN5O3.C22H23ClN4O3.ClH/c1-18(2)17-35-24-6-5-22(27)13-21(24)16-32-19(3)12-23(30-32)26(33)29-25-7-4-20(14-28-25)15-31-8-10-34-11-9-31;1-14(2)13-30-20-6-5-18(23)9-17(20)11-27-15(3)8-19(26-27)22(29)25-21-7-4-16(12-28)10-24-21;/h4-7,12-14,18H,8-11,15-17H2,1-3H3,(H,28,29,33);4-10,12,14H,11,13H2,1-3H3,(H,24,25,29);1H. The van der Waals surface area contributed by atoms with E-state index in [0.717, 1.165) is 72.4 Å². The first-order chi connectivity index (χ1) is 31.2. The average molecular weight is 961 g/mol. The molecular weight excluding hydrogens is 905 g/mol. The summed E-state index contributed by atoms with van der Waals surface area (Å²) >= 11 is 12.4. The number of carbonyl (C=O) groups excluding carboxylic acids is 3. The highest BCUT2D eigenvalue weighted by Crippen LogP contribution is 2.27. The number of ether oxygens (including phenoxy) is 3. The van der Waals surface area contributed by atoms with Gasteiger partial charge in [0.1, 0.15) is 23.1 Å². The Morgan fingerprint density at radius 1 is 0.697 bits per heavy atom. The number of anilines is 2. The van der Waals surface area contributed by atoms with Gasteiger partial charge in [-0.15, -0.1) is 12.4 Å². The van der Waals surface area contributed by atoms with Gasteiger partial charge in [0, 0.05) is 70.2 Å². The van der Waals surface area contributed by atoms with Crippen molar-refractivity contribution >= 4 is 65.3 Å². The molecule has 0 saturated carbocycles. The third-order valence-electron chi connectivity index (χ3n) is 10.00. The molecule has 15 nitrogen and oxygen atoms in total. The molecule has 18 heteroatoms. The molecule has 4 aromatic heterocycles. The third kappa shape index (κ3) is 15.1. The van der Waals surface area contributed by atoms with E-state index < -0.39 is 0 Å². The maximum absolute atomic E-state index is 12.8. The molecule has 0 unspecified atom stereocenters. The van der Waals surface area contributed by atoms with E-state index in [2.05, 4.69) is 63.4 Å². The van der Waals surface area contributed by atoms with Gasteiger partial charge in [-0.3, -0.25) is 28.6 Å². The lowest BCUT2D eigenvalue weighted by molar-refractivity contribution is 0.0341. The van der Waals surface area contributed by atoms with Gasteiger partial charge in [-0.1, -0.05) is 57.0 Å². The SMILES string of the molecule is Cc1cc(C(=O)Nc2ccc(C=O)cn2)nn1Cc1cc(Cl)ccc1OCC(C)C.Cc1cc(C(=O)Nc2ccc(CN3CCOCC3)cn2)nn1Cc1cc(Cl)ccc1OCC(C)C.Cl. The van der Waals surface area contributed by atoms with Crippen LogP contribution in [0.15, 0.2) is 85.2 Å². The molecule has 0 bridgehead atoms. The topological polar surface area (TPSA) is 168 Å². The number of rotatable bonds is 17. The van der Waals surface area contributed by atoms with Crippen LogP contribution in [0, 0.1) is 25.7 Å². The second kappa shape index (κ2) is 24.6. The lowest BCUT2D eigenvalue weighted by atomic mass is 10.2. The molecule has 0 radical (unpaired) electrons. The number of hydrogen-bond donors (Lipinski definition) is 2. The van der Waals surface area contributed by atoms with Crippen LogP contribution in [-0.4, -0.2) is 92.0 Å². The van der Waals surface area contributed by atoms with Crippen molar-refractivity contribution in [3.05, 3.63) is 140 Å². The number of aryl methyl sites for hydroxylation is 2. The summed E-state index contributed by atoms with van der Waals surface area (Å²) in [5.41, 5.74) is 5.60. The predicted octanol–water partition coefficient (Wildman–Crippen LogP) is 9.22. The number of nitrogens with zero attached hydrogens (tertiary/aromatic N) is 7. The van der Waals surface area contributed by atoms with Crippen molar-refractivity contribution in [2.75, 3.05) is 50.2 Å². The Kier molecular flexibility index (Phi) is 19.1. The minimum atomic E-state index is -0.384. The minimum Gasteiger partial charge on any atom is -0.493 e. The van der Waals surface area contributed by atoms with Crippen LogP contribution < -0.4 is 20.1 Å². The Balaban J connectivity index is 0.000000247. The Labute approximate surface area is 401 Å². The van der Waals surface area contributed by atoms with Gasteiger partial charge in [0.2, 0.25) is 0 Å². The molecule has 6 aromatic rings. The fourth-order valence-electron chi connectivity index (χ4n) is 6.54. The molecule has 0 atom stereocenters. The summed E-state index contributed by atoms with van der Waals surface area (Å²) in [6.07, 6.45) is 3.88. The number of aldehydes is 1. The van der Waals surface area contributed by atoms with Crippen molar-refractivity contribution in [3.63, 3.8) is 0 Å². The normalized spacial score (nSPS) is 12.5. The van der Waals surface area contributed by atoms with Crippen LogP contribution >= 0.6 is 35.6 Å². The smallest absolute Gasteiger partial charge is 0.277 e. The van der Waals surface area contributed by atoms with Crippen molar-refractivity contribution in [1.29, 1.82) is 0 Å². The molecule has 2 N–H and O–H groups in total. The molecule has 5 heterocycles. The van der Waals surface area contributed by atoms with Gasteiger partial charge in [0.15, 0.2) is 17.7 Å². The van der Waals surface area contributed by atoms with Crippen LogP contribution in [0.2, 0.25) is 10.0 Å². The maximum Gasteiger partial charge on any atom is 0.277 e. The zero-order valence-electron chi connectivity index (χ0n) is 37.9. The molecule has 1 saturated heterocycles. The Hall–Kier alpha value is -5.84. The van der Waals surface area contributed by atoms with E-state index in [1.54, 1.807) is 45.9 Å². The number of morpholine rings is 1. The van der Waals surface area contributed by atoms with Crippen LogP contribution in [0.3, 0.4) is 0 Å². The quantitative estimate of drug-likeness (QED) is 0.0837. The lowest BCUT2D eigenvalue weighted by Gasteiger charge is -2.26. The predicted molar refractivity (Wildman–Crippen MR) is 259 cm³/mol. The third-order valence-corrected chi connectivity index (χ3v) is 10.5. The largest absolute Gasteiger partial charge is 0.493 e. The Bertz CT molecular complexity index is 2540. The lowest BCUT2D eigenvalue weighted by Crippen LogP contribution is -2.35. The number of aromatic nitrogens is 6. The monoisotopic (exact) mass is 959 g/mol. The fourth-order valence-corrected chi connectivity index (χ4v) is 6.93. The van der Waals surface area contributed by atoms with Crippen molar-refractivity contribution in [2.45, 2.75) is 61.2 Å². The van der Waals surface area contributed by atoms with E-state index >= 15 is 0 Å². The summed E-state index contributed by atoms with van der Waals surface area (Å²) in [5.74, 6) is 2.46. The number of hydrogen-bond acceptors (Lipinski definition) is 11. The number of halogens is 3. The Morgan fingerprint density at radius 2 is 1.18 bits per heavy atom. The first kappa shape index (κ1) is 51.1. The first-order valence-electron chi connectivity index (χ1n) is 21.4. The number of carbonyl (C=O) groups is 3. The Morgan fingerprint density at radius 3 is 1.61 bits per heavy atom. The van der Waals surface area contributed by atoms with Crippen molar-refractivity contribution in [2.24, 2.45) is 11.8 Å². The summed E-state index contributed by atoms with van der Waals surface area (Å²) in [7, 11) is 0. The van der Waals surface area contributed by atoms with Crippen molar-refractivity contribution in [3.8, 4) is 11.5 Å². The van der Waals surface area contributed by atoms with Gasteiger partial charge in [-0.05, 0) is 98.0 Å². The molecule has 1 aliphatic heterocycles. The number of amides is 2. The average Bonchev–Trinajstić information content (AvgIpc) is 3.85. The van der Waals surface area contributed by atoms with E-state index in [1.165, 1.54) is 6.20 Å². The van der Waals surface area contributed by atoms with E-state index in [9.17, 15) is 14.4 Å². The van der Waals surface area contributed by atoms with E-state index in [-0.39, 0.29) is 29.9 Å². The first-order valence-corrected chi connectivity index (χ1v) is 22.2. The van der Waals surface area contributed by atoms with Gasteiger partial charge in [0.25, 0.3) is 11.8 Å². The summed E-state index contributed by atoms with van der Waals surface area (Å²) in [5, 5.41) is 15.7. The van der Waals surface area contributed by atoms with Crippen molar-refractivity contribution < 1.29 is 28.6 Å². The summed E-state index contributed by atoms with van der Waals surface area (Å²) in [6, 6.07) is 21.5. The summed E-state index contributed by atoms with van der Waals surface area (Å²) < 4.78 is 20.8. The zero-order valence-corrected chi connectivity index (χ0v) is 40.3. The molecular formula is C48H56Cl3N9O6. The molecule has 350 valence electrons. The number of benzene rings is 2. The highest BCUT2D eigenvalue weighted by molar-refractivity contribution is 6.31. The molecule has 2 amide bonds. The second-order valence-corrected chi connectivity index (χ2v) is 17.4. The van der Waals surface area contributed by atoms with Gasteiger partial charge in [0.05, 0.1) is 39.5 Å². The van der Waals surface area contributed by atoms with Gasteiger partial charge in [-0.25, -0.2) is 9.97 Å². The molecule has 1 aliphatic rings. The van der Waals surface area contributed by atoms with Crippen LogP contribution in [0.5, 0.6) is 11.5 Å². The molecule has 1 fully saturated rings. The molecule has 66 heavy (non-hydrogen) atoms. The van der Waals surface area contributed by atoms with Crippen LogP contribution in [-0.2, 0) is 24.4 Å². The molecule has 0 spiro atoms. The van der Waals surface area contributed by atoms with E-state index in [4.69, 9.17) is 37.4 Å². The minimum absolute atomic E-state index is 0. The fraction of sp³-hybridized carbons (Fsp3) is 0.354.